The minimum atomic E-state index is 0.815. The minimum absolute atomic E-state index is 0.815. The molecule has 0 saturated carbocycles. The third-order valence-corrected chi connectivity index (χ3v) is 9.20. The predicted molar refractivity (Wildman–Crippen MR) is 204 cm³/mol. The highest BCUT2D eigenvalue weighted by molar-refractivity contribution is 6.09. The van der Waals surface area contributed by atoms with E-state index in [0.29, 0.717) is 0 Å². The van der Waals surface area contributed by atoms with E-state index in [-0.39, 0.29) is 0 Å². The average molecular weight is 632 g/mol. The van der Waals surface area contributed by atoms with Crippen molar-refractivity contribution in [2.75, 3.05) is 13.6 Å². The summed E-state index contributed by atoms with van der Waals surface area (Å²) < 4.78 is 2.42. The molecule has 3 aliphatic heterocycles. The smallest absolute Gasteiger partial charge is 0.0737 e. The maximum Gasteiger partial charge on any atom is 0.0737 e. The second kappa shape index (κ2) is 12.0. The molecule has 0 unspecified atom stereocenters. The van der Waals surface area contributed by atoms with Gasteiger partial charge < -0.3 is 14.5 Å². The Hall–Kier alpha value is -6.46. The van der Waals surface area contributed by atoms with Gasteiger partial charge in [0, 0.05) is 47.0 Å². The maximum absolute atomic E-state index is 5.30. The van der Waals surface area contributed by atoms with Crippen LogP contribution in [0.15, 0.2) is 140 Å². The molecule has 6 aromatic rings. The molecular formula is C44H33N5. The highest BCUT2D eigenvalue weighted by Crippen LogP contribution is 2.46. The second-order valence-corrected chi connectivity index (χ2v) is 12.5. The van der Waals surface area contributed by atoms with Crippen LogP contribution < -0.4 is 0 Å². The molecule has 0 saturated heterocycles. The number of rotatable bonds is 4. The molecule has 0 aliphatic carbocycles. The Morgan fingerprint density at radius 1 is 0.571 bits per heavy atom. The molecule has 1 N–H and O–H groups in total. The maximum atomic E-state index is 5.30. The van der Waals surface area contributed by atoms with Crippen molar-refractivity contribution in [2.24, 2.45) is 0 Å². The lowest BCUT2D eigenvalue weighted by molar-refractivity contribution is 0.506. The lowest BCUT2D eigenvalue weighted by atomic mass is 9.92. The van der Waals surface area contributed by atoms with Crippen molar-refractivity contribution >= 4 is 51.9 Å². The number of nitrogens with one attached hydrogen (secondary N) is 1. The van der Waals surface area contributed by atoms with Gasteiger partial charge in [0.1, 0.15) is 0 Å². The molecule has 0 spiro atoms. The minimum Gasteiger partial charge on any atom is -0.377 e. The molecule has 8 bridgehead atoms. The van der Waals surface area contributed by atoms with Crippen molar-refractivity contribution in [3.63, 3.8) is 0 Å². The number of fused-ring (bicyclic) bond motifs is 8. The van der Waals surface area contributed by atoms with Gasteiger partial charge in [0.05, 0.1) is 33.8 Å². The summed E-state index contributed by atoms with van der Waals surface area (Å²) in [6, 6.07) is 42.7. The average Bonchev–Trinajstić information content (AvgIpc) is 3.95. The van der Waals surface area contributed by atoms with Crippen LogP contribution in [-0.4, -0.2) is 38.0 Å². The number of H-pyrrole nitrogens is 1. The summed E-state index contributed by atoms with van der Waals surface area (Å²) in [5, 5.41) is 0. The first-order valence-electron chi connectivity index (χ1n) is 16.6. The van der Waals surface area contributed by atoms with Gasteiger partial charge in [0.2, 0.25) is 0 Å². The quantitative estimate of drug-likeness (QED) is 0.210. The summed E-state index contributed by atoms with van der Waals surface area (Å²) >= 11 is 0. The van der Waals surface area contributed by atoms with E-state index >= 15 is 0 Å². The molecule has 5 nitrogen and oxygen atoms in total. The van der Waals surface area contributed by atoms with E-state index < -0.39 is 0 Å². The fourth-order valence-electron chi connectivity index (χ4n) is 6.97. The Morgan fingerprint density at radius 2 is 1.16 bits per heavy atom. The molecule has 6 heterocycles. The highest BCUT2D eigenvalue weighted by Gasteiger charge is 2.26. The van der Waals surface area contributed by atoms with E-state index in [1.54, 1.807) is 0 Å². The number of aromatic nitrogens is 4. The molecule has 3 aliphatic rings. The van der Waals surface area contributed by atoms with Crippen molar-refractivity contribution < 1.29 is 0 Å². The SMILES string of the molecule is CN1C=CC(c2c(-c3ccccc3)c3c(-c4ccccc4)c4nc(cc5ccc(cc6nc(cc2n3-c2ccccc2)C=C6)[nH]5)C=C4)=CC1. The van der Waals surface area contributed by atoms with E-state index in [4.69, 9.17) is 9.97 Å². The Morgan fingerprint density at radius 3 is 1.82 bits per heavy atom. The number of hydrogen-bond donors (Lipinski definition) is 1. The van der Waals surface area contributed by atoms with Crippen LogP contribution in [0.5, 0.6) is 0 Å². The van der Waals surface area contributed by atoms with Crippen LogP contribution in [0.3, 0.4) is 0 Å². The highest BCUT2D eigenvalue weighted by atomic mass is 15.1. The lowest BCUT2D eigenvalue weighted by Crippen LogP contribution is -2.13. The van der Waals surface area contributed by atoms with Crippen LogP contribution in [0, 0.1) is 0 Å². The van der Waals surface area contributed by atoms with Gasteiger partial charge in [-0.05, 0) is 95.7 Å². The van der Waals surface area contributed by atoms with E-state index in [1.165, 1.54) is 5.57 Å². The van der Waals surface area contributed by atoms with Crippen molar-refractivity contribution in [1.29, 1.82) is 0 Å². The summed E-state index contributed by atoms with van der Waals surface area (Å²) in [6.07, 6.45) is 15.2. The van der Waals surface area contributed by atoms with E-state index in [1.807, 2.05) is 0 Å². The first-order valence-corrected chi connectivity index (χ1v) is 16.6. The first kappa shape index (κ1) is 28.7. The van der Waals surface area contributed by atoms with Gasteiger partial charge in [-0.3, -0.25) is 0 Å². The monoisotopic (exact) mass is 631 g/mol. The standard InChI is InChI=1S/C44H33N5/c1-48-25-23-32(24-26-48)42-40-29-37-20-19-34(46-37)27-33-17-18-35(45-33)28-36-21-22-39(47-36)41(30-11-5-2-6-12-30)44(43(42)31-13-7-3-8-14-31)49(40)38-15-9-4-10-16-38/h2-25,27-29,45H,26H2,1H3. The summed E-state index contributed by atoms with van der Waals surface area (Å²) in [5.41, 5.74) is 15.6. The molecule has 5 heteroatoms. The van der Waals surface area contributed by atoms with Crippen LogP contribution in [-0.2, 0) is 0 Å². The Labute approximate surface area is 285 Å². The Kier molecular flexibility index (Phi) is 7.02. The van der Waals surface area contributed by atoms with Crippen LogP contribution in [0.25, 0.3) is 79.9 Å². The van der Waals surface area contributed by atoms with Gasteiger partial charge in [-0.15, -0.1) is 0 Å². The molecule has 3 aromatic carbocycles. The largest absolute Gasteiger partial charge is 0.377 e. The summed E-state index contributed by atoms with van der Waals surface area (Å²) in [6.45, 7) is 0.815. The van der Waals surface area contributed by atoms with Gasteiger partial charge in [-0.25, -0.2) is 9.97 Å². The lowest BCUT2D eigenvalue weighted by Gasteiger charge is -2.18. The van der Waals surface area contributed by atoms with E-state index in [2.05, 4.69) is 185 Å². The number of benzene rings is 3. The first-order chi connectivity index (χ1) is 24.2. The molecule has 3 aromatic heterocycles. The molecular weight excluding hydrogens is 599 g/mol. The molecule has 9 rings (SSSR count). The fourth-order valence-corrected chi connectivity index (χ4v) is 6.97. The van der Waals surface area contributed by atoms with E-state index in [9.17, 15) is 0 Å². The van der Waals surface area contributed by atoms with Crippen molar-refractivity contribution in [3.05, 3.63) is 168 Å². The summed E-state index contributed by atoms with van der Waals surface area (Å²) in [4.78, 5) is 16.1. The van der Waals surface area contributed by atoms with Crippen LogP contribution >= 0.6 is 0 Å². The topological polar surface area (TPSA) is 49.7 Å². The van der Waals surface area contributed by atoms with Gasteiger partial charge in [-0.1, -0.05) is 84.9 Å². The molecule has 0 atom stereocenters. The van der Waals surface area contributed by atoms with Gasteiger partial charge in [0.25, 0.3) is 0 Å². The second-order valence-electron chi connectivity index (χ2n) is 12.5. The fraction of sp³-hybridized carbons (Fsp3) is 0.0455. The zero-order chi connectivity index (χ0) is 32.7. The number of allylic oxidation sites excluding steroid dienone is 2. The third kappa shape index (κ3) is 5.31. The molecule has 49 heavy (non-hydrogen) atoms. The van der Waals surface area contributed by atoms with Crippen molar-refractivity contribution in [1.82, 2.24) is 24.4 Å². The molecule has 0 fully saturated rings. The number of hydrogen-bond acceptors (Lipinski definition) is 3. The van der Waals surface area contributed by atoms with E-state index in [0.717, 1.165) is 84.9 Å². The summed E-state index contributed by atoms with van der Waals surface area (Å²) in [7, 11) is 2.11. The molecule has 0 amide bonds. The normalized spacial score (nSPS) is 13.6. The van der Waals surface area contributed by atoms with Crippen LogP contribution in [0.4, 0.5) is 0 Å². The van der Waals surface area contributed by atoms with Gasteiger partial charge in [0.15, 0.2) is 0 Å². The molecule has 234 valence electrons. The van der Waals surface area contributed by atoms with Gasteiger partial charge in [-0.2, -0.15) is 0 Å². The van der Waals surface area contributed by atoms with Crippen molar-refractivity contribution in [3.8, 4) is 27.9 Å². The number of aromatic amines is 1. The zero-order valence-electron chi connectivity index (χ0n) is 27.1. The third-order valence-electron chi connectivity index (χ3n) is 9.20. The number of para-hydroxylation sites is 1. The summed E-state index contributed by atoms with van der Waals surface area (Å²) in [5.74, 6) is 0. The molecule has 0 radical (unpaired) electrons. The number of nitrogens with zero attached hydrogens (tertiary/aromatic N) is 4. The Bertz CT molecular complexity index is 2510. The van der Waals surface area contributed by atoms with Crippen LogP contribution in [0.1, 0.15) is 28.3 Å². The Balaban J connectivity index is 1.59. The van der Waals surface area contributed by atoms with Crippen LogP contribution in [0.2, 0.25) is 0 Å². The zero-order valence-corrected chi connectivity index (χ0v) is 27.1. The van der Waals surface area contributed by atoms with Gasteiger partial charge >= 0.3 is 0 Å². The van der Waals surface area contributed by atoms with Crippen molar-refractivity contribution in [2.45, 2.75) is 0 Å². The predicted octanol–water partition coefficient (Wildman–Crippen LogP) is 10.3. The number of likely N-dealkylation sites (N-methyl/N-ethyl adjacent to an activating group) is 1.